The van der Waals surface area contributed by atoms with E-state index in [0.29, 0.717) is 11.4 Å². The number of aromatic nitrogens is 4. The first-order valence-corrected chi connectivity index (χ1v) is 9.46. The molecule has 1 amide bonds. The maximum Gasteiger partial charge on any atom is 0.351 e. The third-order valence-electron chi connectivity index (χ3n) is 4.47. The zero-order valence-corrected chi connectivity index (χ0v) is 16.9. The van der Waals surface area contributed by atoms with Gasteiger partial charge in [0, 0.05) is 18.1 Å². The largest absolute Gasteiger partial charge is 0.436 e. The van der Waals surface area contributed by atoms with Gasteiger partial charge in [0.2, 0.25) is 11.6 Å². The summed E-state index contributed by atoms with van der Waals surface area (Å²) >= 11 is 0. The first-order valence-electron chi connectivity index (χ1n) is 9.46. The Bertz CT molecular complexity index is 1290. The van der Waals surface area contributed by atoms with Gasteiger partial charge in [-0.1, -0.05) is 18.2 Å². The van der Waals surface area contributed by atoms with Gasteiger partial charge in [-0.2, -0.15) is 0 Å². The van der Waals surface area contributed by atoms with Crippen molar-refractivity contribution in [3.8, 4) is 11.6 Å². The van der Waals surface area contributed by atoms with Crippen molar-refractivity contribution in [3.63, 3.8) is 0 Å². The summed E-state index contributed by atoms with van der Waals surface area (Å²) in [6.45, 7) is 5.66. The molecule has 30 heavy (non-hydrogen) atoms. The Morgan fingerprint density at radius 3 is 2.57 bits per heavy atom. The van der Waals surface area contributed by atoms with Crippen molar-refractivity contribution in [1.82, 2.24) is 19.2 Å². The molecule has 0 saturated heterocycles. The van der Waals surface area contributed by atoms with Gasteiger partial charge < -0.3 is 10.1 Å². The van der Waals surface area contributed by atoms with Crippen molar-refractivity contribution < 1.29 is 9.53 Å². The number of nitrogens with one attached hydrogen (secondary N) is 1. The van der Waals surface area contributed by atoms with E-state index in [1.54, 1.807) is 6.07 Å². The van der Waals surface area contributed by atoms with Crippen LogP contribution in [0.3, 0.4) is 0 Å². The molecule has 0 aliphatic rings. The number of amides is 1. The van der Waals surface area contributed by atoms with Crippen LogP contribution in [-0.2, 0) is 11.3 Å². The molecule has 1 N–H and O–H groups in total. The summed E-state index contributed by atoms with van der Waals surface area (Å²) in [5.74, 6) is 0.445. The fraction of sp³-hybridized carbons (Fsp3) is 0.182. The normalized spacial score (nSPS) is 10.9. The summed E-state index contributed by atoms with van der Waals surface area (Å²) in [5, 5.41) is 7.05. The van der Waals surface area contributed by atoms with Crippen molar-refractivity contribution in [3.05, 3.63) is 82.0 Å². The molecule has 8 heteroatoms. The van der Waals surface area contributed by atoms with Crippen molar-refractivity contribution in [2.45, 2.75) is 27.3 Å². The lowest BCUT2D eigenvalue weighted by molar-refractivity contribution is -0.117. The highest BCUT2D eigenvalue weighted by Gasteiger charge is 2.16. The molecular formula is C22H21N5O3. The van der Waals surface area contributed by atoms with Crippen molar-refractivity contribution in [2.24, 2.45) is 0 Å². The molecule has 0 radical (unpaired) electrons. The van der Waals surface area contributed by atoms with E-state index in [9.17, 15) is 9.59 Å². The number of hydrogen-bond donors (Lipinski definition) is 1. The molecule has 2 aromatic heterocycles. The SMILES string of the molecule is Cc1cccc(NC(=O)Cn2nc3c(Oc4cc(C)cc(C)c4)nccn3c2=O)c1. The van der Waals surface area contributed by atoms with Crippen LogP contribution in [0.4, 0.5) is 5.69 Å². The van der Waals surface area contributed by atoms with Gasteiger partial charge in [0.15, 0.2) is 0 Å². The zero-order chi connectivity index (χ0) is 21.3. The molecule has 0 bridgehead atoms. The molecule has 152 valence electrons. The zero-order valence-electron chi connectivity index (χ0n) is 16.9. The number of benzene rings is 2. The molecule has 4 aromatic rings. The van der Waals surface area contributed by atoms with Gasteiger partial charge in [0.05, 0.1) is 0 Å². The topological polar surface area (TPSA) is 90.5 Å². The second-order valence-corrected chi connectivity index (χ2v) is 7.21. The minimum atomic E-state index is -0.447. The first kappa shape index (κ1) is 19.4. The Morgan fingerprint density at radius 1 is 1.07 bits per heavy atom. The fourth-order valence-electron chi connectivity index (χ4n) is 3.26. The molecule has 0 spiro atoms. The second kappa shape index (κ2) is 7.82. The van der Waals surface area contributed by atoms with Crippen molar-refractivity contribution in [2.75, 3.05) is 5.32 Å². The number of aryl methyl sites for hydroxylation is 3. The van der Waals surface area contributed by atoms with Crippen LogP contribution in [0.5, 0.6) is 11.6 Å². The van der Waals surface area contributed by atoms with Crippen molar-refractivity contribution in [1.29, 1.82) is 0 Å². The van der Waals surface area contributed by atoms with E-state index in [-0.39, 0.29) is 24.0 Å². The smallest absolute Gasteiger partial charge is 0.351 e. The predicted molar refractivity (Wildman–Crippen MR) is 113 cm³/mol. The number of carbonyl (C=O) groups is 1. The van der Waals surface area contributed by atoms with Gasteiger partial charge in [-0.05, 0) is 61.7 Å². The van der Waals surface area contributed by atoms with Gasteiger partial charge in [0.25, 0.3) is 5.88 Å². The van der Waals surface area contributed by atoms with Crippen LogP contribution in [0, 0.1) is 20.8 Å². The van der Waals surface area contributed by atoms with Crippen LogP contribution in [0.2, 0.25) is 0 Å². The van der Waals surface area contributed by atoms with E-state index in [0.717, 1.165) is 21.4 Å². The number of anilines is 1. The van der Waals surface area contributed by atoms with Gasteiger partial charge in [-0.3, -0.25) is 4.79 Å². The van der Waals surface area contributed by atoms with E-state index in [1.165, 1.54) is 16.8 Å². The molecule has 0 saturated carbocycles. The molecule has 8 nitrogen and oxygen atoms in total. The lowest BCUT2D eigenvalue weighted by atomic mass is 10.1. The number of ether oxygens (including phenoxy) is 1. The molecule has 0 fully saturated rings. The number of nitrogens with zero attached hydrogens (tertiary/aromatic N) is 4. The molecule has 0 atom stereocenters. The summed E-state index contributed by atoms with van der Waals surface area (Å²) in [6.07, 6.45) is 2.96. The number of fused-ring (bicyclic) bond motifs is 1. The molecular weight excluding hydrogens is 382 g/mol. The number of hydrogen-bond acceptors (Lipinski definition) is 5. The molecule has 0 aliphatic heterocycles. The van der Waals surface area contributed by atoms with Crippen LogP contribution in [0.25, 0.3) is 5.65 Å². The monoisotopic (exact) mass is 403 g/mol. The van der Waals surface area contributed by atoms with E-state index in [4.69, 9.17) is 4.74 Å². The Kier molecular flexibility index (Phi) is 5.05. The minimum absolute atomic E-state index is 0.192. The Hall–Kier alpha value is -3.94. The van der Waals surface area contributed by atoms with Crippen LogP contribution in [-0.4, -0.2) is 25.1 Å². The number of carbonyl (C=O) groups excluding carboxylic acids is 1. The third-order valence-corrected chi connectivity index (χ3v) is 4.47. The quantitative estimate of drug-likeness (QED) is 0.552. The van der Waals surface area contributed by atoms with Crippen LogP contribution < -0.4 is 15.7 Å². The van der Waals surface area contributed by atoms with Gasteiger partial charge >= 0.3 is 5.69 Å². The summed E-state index contributed by atoms with van der Waals surface area (Å²) in [5.41, 5.74) is 3.58. The Morgan fingerprint density at radius 2 is 1.83 bits per heavy atom. The van der Waals surface area contributed by atoms with Gasteiger partial charge in [-0.15, -0.1) is 5.10 Å². The maximum atomic E-state index is 12.7. The third kappa shape index (κ3) is 4.07. The Balaban J connectivity index is 1.61. The lowest BCUT2D eigenvalue weighted by Gasteiger charge is -2.07. The average Bonchev–Trinajstić information content (AvgIpc) is 2.98. The highest BCUT2D eigenvalue weighted by molar-refractivity contribution is 5.90. The van der Waals surface area contributed by atoms with Crippen LogP contribution in [0.1, 0.15) is 16.7 Å². The number of rotatable bonds is 5. The average molecular weight is 403 g/mol. The van der Waals surface area contributed by atoms with E-state index >= 15 is 0 Å². The van der Waals surface area contributed by atoms with Crippen LogP contribution >= 0.6 is 0 Å². The van der Waals surface area contributed by atoms with Crippen LogP contribution in [0.15, 0.2) is 59.7 Å². The summed E-state index contributed by atoms with van der Waals surface area (Å²) in [7, 11) is 0. The van der Waals surface area contributed by atoms with Gasteiger partial charge in [0.1, 0.15) is 12.3 Å². The standard InChI is InChI=1S/C22H21N5O3/c1-14-5-4-6-17(10-14)24-19(28)13-27-22(29)26-8-7-23-21(20(26)25-27)30-18-11-15(2)9-16(3)12-18/h4-12H,13H2,1-3H3,(H,24,28). The molecule has 2 aromatic carbocycles. The fourth-order valence-corrected chi connectivity index (χ4v) is 3.26. The summed E-state index contributed by atoms with van der Waals surface area (Å²) in [4.78, 5) is 29.3. The van der Waals surface area contributed by atoms with Crippen molar-refractivity contribution >= 4 is 17.2 Å². The van der Waals surface area contributed by atoms with Gasteiger partial charge in [-0.25, -0.2) is 18.9 Å². The molecule has 0 aliphatic carbocycles. The van der Waals surface area contributed by atoms with E-state index in [1.807, 2.05) is 57.2 Å². The summed E-state index contributed by atoms with van der Waals surface area (Å²) in [6, 6.07) is 13.2. The molecule has 4 rings (SSSR count). The van der Waals surface area contributed by atoms with E-state index < -0.39 is 5.69 Å². The highest BCUT2D eigenvalue weighted by Crippen LogP contribution is 2.24. The predicted octanol–water partition coefficient (Wildman–Crippen LogP) is 3.25. The molecule has 2 heterocycles. The van der Waals surface area contributed by atoms with E-state index in [2.05, 4.69) is 15.4 Å². The lowest BCUT2D eigenvalue weighted by Crippen LogP contribution is -2.28. The highest BCUT2D eigenvalue weighted by atomic mass is 16.5. The second-order valence-electron chi connectivity index (χ2n) is 7.21. The molecule has 0 unspecified atom stereocenters. The maximum absolute atomic E-state index is 12.7. The summed E-state index contributed by atoms with van der Waals surface area (Å²) < 4.78 is 8.29. The first-order chi connectivity index (χ1) is 14.4. The Labute approximate surface area is 172 Å². The minimum Gasteiger partial charge on any atom is -0.436 e.